The molecule has 1 aliphatic rings. The highest BCUT2D eigenvalue weighted by Crippen LogP contribution is 2.27. The summed E-state index contributed by atoms with van der Waals surface area (Å²) in [5.74, 6) is -0.119. The molecule has 0 aromatic heterocycles. The Labute approximate surface area is 183 Å². The quantitative estimate of drug-likeness (QED) is 0.568. The van der Waals surface area contributed by atoms with E-state index in [0.29, 0.717) is 22.0 Å². The molecule has 3 amide bonds. The lowest BCUT2D eigenvalue weighted by Gasteiger charge is -2.31. The Hall–Kier alpha value is -2.73. The van der Waals surface area contributed by atoms with E-state index in [4.69, 9.17) is 11.6 Å². The molecule has 2 aromatic carbocycles. The minimum atomic E-state index is -0.378. The van der Waals surface area contributed by atoms with E-state index in [1.54, 1.807) is 30.3 Å². The number of benzene rings is 2. The van der Waals surface area contributed by atoms with Gasteiger partial charge in [-0.3, -0.25) is 4.79 Å². The Kier molecular flexibility index (Phi) is 7.57. The van der Waals surface area contributed by atoms with Crippen molar-refractivity contribution in [1.82, 2.24) is 5.32 Å². The fraction of sp³-hybridized carbons (Fsp3) is 0.391. The van der Waals surface area contributed by atoms with Gasteiger partial charge in [-0.05, 0) is 75.1 Å². The molecule has 0 aliphatic carbocycles. The topological polar surface area (TPSA) is 73.5 Å². The standard InChI is InChI=1S/C23H29ClN4O2/c1-3-16(2)25-22(29)20-15-19(11-12-21(20)28-13-5-4-6-14-28)27-23(30)26-18-9-7-17(24)8-10-18/h7-12,15-16H,3-6,13-14H2,1-2H3,(H,25,29)(H2,26,27,30)/t16-/m1/s1. The summed E-state index contributed by atoms with van der Waals surface area (Å²) in [4.78, 5) is 27.6. The van der Waals surface area contributed by atoms with E-state index in [9.17, 15) is 9.59 Å². The Morgan fingerprint density at radius 1 is 1.00 bits per heavy atom. The van der Waals surface area contributed by atoms with Gasteiger partial charge in [0, 0.05) is 41.2 Å². The van der Waals surface area contributed by atoms with Crippen LogP contribution in [0.3, 0.4) is 0 Å². The van der Waals surface area contributed by atoms with Crippen molar-refractivity contribution < 1.29 is 9.59 Å². The van der Waals surface area contributed by atoms with Crippen molar-refractivity contribution in [2.24, 2.45) is 0 Å². The van der Waals surface area contributed by atoms with Crippen LogP contribution in [0.2, 0.25) is 5.02 Å². The van der Waals surface area contributed by atoms with E-state index in [2.05, 4.69) is 20.9 Å². The Morgan fingerprint density at radius 2 is 1.63 bits per heavy atom. The fourth-order valence-electron chi connectivity index (χ4n) is 3.44. The van der Waals surface area contributed by atoms with Gasteiger partial charge in [-0.1, -0.05) is 18.5 Å². The van der Waals surface area contributed by atoms with Gasteiger partial charge in [-0.15, -0.1) is 0 Å². The molecule has 1 fully saturated rings. The first-order valence-corrected chi connectivity index (χ1v) is 10.9. The van der Waals surface area contributed by atoms with Crippen LogP contribution in [-0.4, -0.2) is 31.1 Å². The summed E-state index contributed by atoms with van der Waals surface area (Å²) in [5.41, 5.74) is 2.70. The van der Waals surface area contributed by atoms with E-state index in [0.717, 1.165) is 38.0 Å². The predicted molar refractivity (Wildman–Crippen MR) is 124 cm³/mol. The van der Waals surface area contributed by atoms with Crippen LogP contribution in [0.4, 0.5) is 21.9 Å². The zero-order chi connectivity index (χ0) is 21.5. The lowest BCUT2D eigenvalue weighted by molar-refractivity contribution is 0.0939. The van der Waals surface area contributed by atoms with Crippen molar-refractivity contribution in [3.05, 3.63) is 53.1 Å². The molecule has 3 rings (SSSR count). The second-order valence-corrected chi connectivity index (χ2v) is 8.08. The highest BCUT2D eigenvalue weighted by molar-refractivity contribution is 6.30. The minimum Gasteiger partial charge on any atom is -0.371 e. The van der Waals surface area contributed by atoms with Gasteiger partial charge in [0.1, 0.15) is 0 Å². The monoisotopic (exact) mass is 428 g/mol. The van der Waals surface area contributed by atoms with Crippen molar-refractivity contribution >= 4 is 40.6 Å². The molecule has 160 valence electrons. The van der Waals surface area contributed by atoms with Crippen LogP contribution >= 0.6 is 11.6 Å². The highest BCUT2D eigenvalue weighted by atomic mass is 35.5. The third kappa shape index (κ3) is 5.89. The number of hydrogen-bond donors (Lipinski definition) is 3. The molecule has 1 aliphatic heterocycles. The lowest BCUT2D eigenvalue weighted by atomic mass is 10.1. The van der Waals surface area contributed by atoms with E-state index < -0.39 is 0 Å². The van der Waals surface area contributed by atoms with Gasteiger partial charge >= 0.3 is 6.03 Å². The van der Waals surface area contributed by atoms with Crippen LogP contribution in [0.5, 0.6) is 0 Å². The number of amides is 3. The SMILES string of the molecule is CC[C@@H](C)NC(=O)c1cc(NC(=O)Nc2ccc(Cl)cc2)ccc1N1CCCCC1. The number of nitrogens with one attached hydrogen (secondary N) is 3. The number of nitrogens with zero attached hydrogens (tertiary/aromatic N) is 1. The molecule has 1 saturated heterocycles. The number of piperidine rings is 1. The number of halogens is 1. The number of carbonyl (C=O) groups is 2. The van der Waals surface area contributed by atoms with Crippen molar-refractivity contribution in [2.45, 2.75) is 45.6 Å². The first-order chi connectivity index (χ1) is 14.5. The summed E-state index contributed by atoms with van der Waals surface area (Å²) >= 11 is 5.88. The second-order valence-electron chi connectivity index (χ2n) is 7.65. The molecule has 1 atom stereocenters. The molecule has 7 heteroatoms. The summed E-state index contributed by atoms with van der Waals surface area (Å²) in [5, 5.41) is 9.23. The van der Waals surface area contributed by atoms with E-state index in [1.807, 2.05) is 26.0 Å². The van der Waals surface area contributed by atoms with Gasteiger partial charge in [0.2, 0.25) is 0 Å². The first kappa shape index (κ1) is 22.0. The molecule has 3 N–H and O–H groups in total. The Bertz CT molecular complexity index is 879. The molecular formula is C23H29ClN4O2. The van der Waals surface area contributed by atoms with Crippen LogP contribution in [-0.2, 0) is 0 Å². The number of rotatable bonds is 6. The molecule has 0 saturated carbocycles. The van der Waals surface area contributed by atoms with Gasteiger partial charge in [-0.2, -0.15) is 0 Å². The third-order valence-electron chi connectivity index (χ3n) is 5.29. The molecule has 0 radical (unpaired) electrons. The van der Waals surface area contributed by atoms with Crippen molar-refractivity contribution in [3.63, 3.8) is 0 Å². The highest BCUT2D eigenvalue weighted by Gasteiger charge is 2.20. The maximum Gasteiger partial charge on any atom is 0.323 e. The van der Waals surface area contributed by atoms with Crippen LogP contribution in [0.1, 0.15) is 49.9 Å². The molecule has 0 spiro atoms. The zero-order valence-electron chi connectivity index (χ0n) is 17.5. The van der Waals surface area contributed by atoms with E-state index >= 15 is 0 Å². The molecular weight excluding hydrogens is 400 g/mol. The minimum absolute atomic E-state index is 0.0801. The van der Waals surface area contributed by atoms with Gasteiger partial charge in [-0.25, -0.2) is 4.79 Å². The van der Waals surface area contributed by atoms with Crippen LogP contribution < -0.4 is 20.9 Å². The molecule has 30 heavy (non-hydrogen) atoms. The normalized spacial score (nSPS) is 14.7. The molecule has 0 unspecified atom stereocenters. The summed E-state index contributed by atoms with van der Waals surface area (Å²) in [6.07, 6.45) is 4.31. The molecule has 6 nitrogen and oxygen atoms in total. The number of urea groups is 1. The van der Waals surface area contributed by atoms with Gasteiger partial charge in [0.05, 0.1) is 5.56 Å². The van der Waals surface area contributed by atoms with Crippen LogP contribution in [0, 0.1) is 0 Å². The summed E-state index contributed by atoms with van der Waals surface area (Å²) in [6.45, 7) is 5.90. The molecule has 2 aromatic rings. The maximum absolute atomic E-state index is 13.0. The maximum atomic E-state index is 13.0. The Balaban J connectivity index is 1.79. The van der Waals surface area contributed by atoms with Gasteiger partial charge < -0.3 is 20.9 Å². The third-order valence-corrected chi connectivity index (χ3v) is 5.54. The van der Waals surface area contributed by atoms with Crippen molar-refractivity contribution in [2.75, 3.05) is 28.6 Å². The molecule has 1 heterocycles. The smallest absolute Gasteiger partial charge is 0.323 e. The number of carbonyl (C=O) groups excluding carboxylic acids is 2. The van der Waals surface area contributed by atoms with Gasteiger partial charge in [0.15, 0.2) is 0 Å². The number of hydrogen-bond acceptors (Lipinski definition) is 3. The average molecular weight is 429 g/mol. The Morgan fingerprint density at radius 3 is 2.30 bits per heavy atom. The lowest BCUT2D eigenvalue weighted by Crippen LogP contribution is -2.35. The fourth-order valence-corrected chi connectivity index (χ4v) is 3.56. The van der Waals surface area contributed by atoms with Crippen molar-refractivity contribution in [1.29, 1.82) is 0 Å². The van der Waals surface area contributed by atoms with Gasteiger partial charge in [0.25, 0.3) is 5.91 Å². The largest absolute Gasteiger partial charge is 0.371 e. The summed E-state index contributed by atoms with van der Waals surface area (Å²) in [7, 11) is 0. The molecule has 0 bridgehead atoms. The number of anilines is 3. The zero-order valence-corrected chi connectivity index (χ0v) is 18.3. The van der Waals surface area contributed by atoms with Crippen LogP contribution in [0.15, 0.2) is 42.5 Å². The van der Waals surface area contributed by atoms with E-state index in [1.165, 1.54) is 6.42 Å². The summed E-state index contributed by atoms with van der Waals surface area (Å²) < 4.78 is 0. The predicted octanol–water partition coefficient (Wildman–Crippen LogP) is 5.50. The van der Waals surface area contributed by atoms with Crippen molar-refractivity contribution in [3.8, 4) is 0 Å². The first-order valence-electron chi connectivity index (χ1n) is 10.5. The average Bonchev–Trinajstić information content (AvgIpc) is 2.75. The van der Waals surface area contributed by atoms with Crippen LogP contribution in [0.25, 0.3) is 0 Å². The second kappa shape index (κ2) is 10.3. The summed E-state index contributed by atoms with van der Waals surface area (Å²) in [6, 6.07) is 12.1. The van der Waals surface area contributed by atoms with E-state index in [-0.39, 0.29) is 18.0 Å².